The average molecular weight is 334 g/mol. The SMILES string of the molecule is CC[C@H](O)CNC(=O)c1coc(COc2ccc3c(c2)OCO3)n1. The molecule has 1 aromatic heterocycles. The molecule has 24 heavy (non-hydrogen) atoms. The highest BCUT2D eigenvalue weighted by molar-refractivity contribution is 5.91. The van der Waals surface area contributed by atoms with Crippen LogP contribution >= 0.6 is 0 Å². The Hall–Kier alpha value is -2.74. The molecule has 2 heterocycles. The molecule has 8 heteroatoms. The number of fused-ring (bicyclic) bond motifs is 1. The molecule has 0 saturated heterocycles. The Morgan fingerprint density at radius 2 is 2.25 bits per heavy atom. The van der Waals surface area contributed by atoms with Crippen LogP contribution < -0.4 is 19.5 Å². The first kappa shape index (κ1) is 16.1. The van der Waals surface area contributed by atoms with Crippen molar-refractivity contribution in [1.29, 1.82) is 0 Å². The van der Waals surface area contributed by atoms with Crippen molar-refractivity contribution in [3.05, 3.63) is 36.0 Å². The van der Waals surface area contributed by atoms with Gasteiger partial charge in [-0.15, -0.1) is 0 Å². The predicted octanol–water partition coefficient (Wildman–Crippen LogP) is 1.48. The molecule has 1 atom stereocenters. The van der Waals surface area contributed by atoms with Crippen LogP contribution in [0.3, 0.4) is 0 Å². The summed E-state index contributed by atoms with van der Waals surface area (Å²) in [5.74, 6) is 1.74. The standard InChI is InChI=1S/C16H18N2O6/c1-2-10(19)6-17-16(20)12-7-22-15(18-12)8-21-11-3-4-13-14(5-11)24-9-23-13/h3-5,7,10,19H,2,6,8-9H2,1H3,(H,17,20)/t10-/m0/s1. The molecule has 2 N–H and O–H groups in total. The minimum atomic E-state index is -0.574. The Morgan fingerprint density at radius 1 is 1.42 bits per heavy atom. The number of hydrogen-bond donors (Lipinski definition) is 2. The maximum Gasteiger partial charge on any atom is 0.273 e. The van der Waals surface area contributed by atoms with Crippen LogP contribution in [0.2, 0.25) is 0 Å². The van der Waals surface area contributed by atoms with E-state index in [1.165, 1.54) is 6.26 Å². The topological polar surface area (TPSA) is 103 Å². The van der Waals surface area contributed by atoms with Crippen molar-refractivity contribution in [2.45, 2.75) is 26.1 Å². The van der Waals surface area contributed by atoms with Crippen molar-refractivity contribution in [1.82, 2.24) is 10.3 Å². The quantitative estimate of drug-likeness (QED) is 0.790. The van der Waals surface area contributed by atoms with Crippen molar-refractivity contribution in [3.63, 3.8) is 0 Å². The summed E-state index contributed by atoms with van der Waals surface area (Å²) in [6.07, 6.45) is 1.24. The molecule has 0 radical (unpaired) electrons. The largest absolute Gasteiger partial charge is 0.484 e. The molecule has 0 saturated carbocycles. The summed E-state index contributed by atoms with van der Waals surface area (Å²) in [4.78, 5) is 15.9. The van der Waals surface area contributed by atoms with E-state index in [0.717, 1.165) is 0 Å². The predicted molar refractivity (Wildman–Crippen MR) is 82.0 cm³/mol. The van der Waals surface area contributed by atoms with Crippen LogP contribution in [0, 0.1) is 0 Å². The third kappa shape index (κ3) is 3.77. The Kier molecular flexibility index (Phi) is 4.85. The summed E-state index contributed by atoms with van der Waals surface area (Å²) in [5, 5.41) is 12.0. The van der Waals surface area contributed by atoms with E-state index in [4.69, 9.17) is 18.6 Å². The lowest BCUT2D eigenvalue weighted by Crippen LogP contribution is -2.31. The molecule has 1 aliphatic heterocycles. The van der Waals surface area contributed by atoms with E-state index < -0.39 is 12.0 Å². The van der Waals surface area contributed by atoms with Gasteiger partial charge in [0, 0.05) is 12.6 Å². The van der Waals surface area contributed by atoms with Crippen LogP contribution in [0.25, 0.3) is 0 Å². The minimum absolute atomic E-state index is 0.0739. The smallest absolute Gasteiger partial charge is 0.273 e. The number of carbonyl (C=O) groups is 1. The highest BCUT2D eigenvalue weighted by atomic mass is 16.7. The molecule has 128 valence electrons. The van der Waals surface area contributed by atoms with Gasteiger partial charge in [-0.3, -0.25) is 4.79 Å². The highest BCUT2D eigenvalue weighted by Gasteiger charge is 2.16. The monoisotopic (exact) mass is 334 g/mol. The zero-order valence-electron chi connectivity index (χ0n) is 13.2. The van der Waals surface area contributed by atoms with Crippen molar-refractivity contribution in [2.24, 2.45) is 0 Å². The Balaban J connectivity index is 1.53. The van der Waals surface area contributed by atoms with E-state index in [1.54, 1.807) is 18.2 Å². The number of aliphatic hydroxyl groups is 1. The minimum Gasteiger partial charge on any atom is -0.484 e. The summed E-state index contributed by atoms with van der Waals surface area (Å²) in [5.41, 5.74) is 0.141. The summed E-state index contributed by atoms with van der Waals surface area (Å²) < 4.78 is 21.3. The number of aromatic nitrogens is 1. The van der Waals surface area contributed by atoms with Crippen molar-refractivity contribution in [3.8, 4) is 17.2 Å². The van der Waals surface area contributed by atoms with Gasteiger partial charge in [0.1, 0.15) is 12.0 Å². The zero-order valence-corrected chi connectivity index (χ0v) is 13.2. The van der Waals surface area contributed by atoms with Crippen LogP contribution in [0.4, 0.5) is 0 Å². The van der Waals surface area contributed by atoms with Gasteiger partial charge in [-0.2, -0.15) is 0 Å². The fourth-order valence-corrected chi connectivity index (χ4v) is 2.04. The van der Waals surface area contributed by atoms with Crippen molar-refractivity contribution >= 4 is 5.91 Å². The molecule has 1 aromatic carbocycles. The van der Waals surface area contributed by atoms with Gasteiger partial charge in [-0.1, -0.05) is 6.92 Å². The second-order valence-electron chi connectivity index (χ2n) is 5.20. The first-order chi connectivity index (χ1) is 11.7. The highest BCUT2D eigenvalue weighted by Crippen LogP contribution is 2.35. The third-order valence-corrected chi connectivity index (χ3v) is 3.46. The van der Waals surface area contributed by atoms with Crippen LogP contribution in [-0.2, 0) is 6.61 Å². The number of oxazole rings is 1. The van der Waals surface area contributed by atoms with Gasteiger partial charge < -0.3 is 29.1 Å². The maximum absolute atomic E-state index is 11.9. The van der Waals surface area contributed by atoms with Crippen molar-refractivity contribution in [2.75, 3.05) is 13.3 Å². The molecule has 0 unspecified atom stereocenters. The van der Waals surface area contributed by atoms with Crippen LogP contribution in [0.5, 0.6) is 17.2 Å². The lowest BCUT2D eigenvalue weighted by atomic mass is 10.3. The average Bonchev–Trinajstić information content (AvgIpc) is 3.25. The number of amides is 1. The van der Waals surface area contributed by atoms with E-state index in [9.17, 15) is 9.90 Å². The number of nitrogens with one attached hydrogen (secondary N) is 1. The molecular formula is C16H18N2O6. The Labute approximate surface area is 138 Å². The van der Waals surface area contributed by atoms with E-state index in [-0.39, 0.29) is 31.5 Å². The van der Waals surface area contributed by atoms with Crippen molar-refractivity contribution < 1.29 is 28.5 Å². The van der Waals surface area contributed by atoms with Gasteiger partial charge in [-0.05, 0) is 18.6 Å². The summed E-state index contributed by atoms with van der Waals surface area (Å²) in [7, 11) is 0. The number of nitrogens with zero attached hydrogens (tertiary/aromatic N) is 1. The van der Waals surface area contributed by atoms with Gasteiger partial charge in [0.2, 0.25) is 12.7 Å². The van der Waals surface area contributed by atoms with E-state index >= 15 is 0 Å². The van der Waals surface area contributed by atoms with E-state index in [2.05, 4.69) is 10.3 Å². The first-order valence-electron chi connectivity index (χ1n) is 7.59. The Morgan fingerprint density at radius 3 is 3.08 bits per heavy atom. The maximum atomic E-state index is 11.9. The number of aliphatic hydroxyl groups excluding tert-OH is 1. The molecule has 0 aliphatic carbocycles. The van der Waals surface area contributed by atoms with Gasteiger partial charge in [-0.25, -0.2) is 4.98 Å². The molecule has 0 bridgehead atoms. The third-order valence-electron chi connectivity index (χ3n) is 3.46. The molecule has 0 fully saturated rings. The first-order valence-corrected chi connectivity index (χ1v) is 7.59. The number of ether oxygens (including phenoxy) is 3. The van der Waals surface area contributed by atoms with Gasteiger partial charge in [0.25, 0.3) is 5.91 Å². The number of benzene rings is 1. The van der Waals surface area contributed by atoms with Gasteiger partial charge >= 0.3 is 0 Å². The second-order valence-corrected chi connectivity index (χ2v) is 5.20. The van der Waals surface area contributed by atoms with E-state index in [1.807, 2.05) is 6.92 Å². The van der Waals surface area contributed by atoms with Crippen LogP contribution in [-0.4, -0.2) is 35.4 Å². The number of rotatable bonds is 7. The van der Waals surface area contributed by atoms with Crippen LogP contribution in [0.15, 0.2) is 28.9 Å². The van der Waals surface area contributed by atoms with Gasteiger partial charge in [0.05, 0.1) is 6.10 Å². The molecule has 1 aliphatic rings. The summed E-state index contributed by atoms with van der Waals surface area (Å²) in [6, 6.07) is 5.21. The second kappa shape index (κ2) is 7.22. The molecule has 0 spiro atoms. The zero-order chi connectivity index (χ0) is 16.9. The summed E-state index contributed by atoms with van der Waals surface area (Å²) >= 11 is 0. The summed E-state index contributed by atoms with van der Waals surface area (Å²) in [6.45, 7) is 2.28. The van der Waals surface area contributed by atoms with Gasteiger partial charge in [0.15, 0.2) is 23.8 Å². The molecule has 3 rings (SSSR count). The lowest BCUT2D eigenvalue weighted by Gasteiger charge is -2.07. The number of carbonyl (C=O) groups excluding carboxylic acids is 1. The fraction of sp³-hybridized carbons (Fsp3) is 0.375. The molecule has 2 aromatic rings. The normalized spacial score (nSPS) is 13.6. The van der Waals surface area contributed by atoms with Crippen LogP contribution in [0.1, 0.15) is 29.7 Å². The molecule has 1 amide bonds. The number of hydrogen-bond acceptors (Lipinski definition) is 7. The fourth-order valence-electron chi connectivity index (χ4n) is 2.04. The Bertz CT molecular complexity index is 714. The lowest BCUT2D eigenvalue weighted by molar-refractivity contribution is 0.0909. The molecule has 8 nitrogen and oxygen atoms in total. The van der Waals surface area contributed by atoms with E-state index in [0.29, 0.717) is 23.7 Å². The molecular weight excluding hydrogens is 316 g/mol.